The lowest BCUT2D eigenvalue weighted by atomic mass is 9.84. The summed E-state index contributed by atoms with van der Waals surface area (Å²) >= 11 is 0. The smallest absolute Gasteiger partial charge is 0.123 e. The van der Waals surface area contributed by atoms with Crippen LogP contribution in [0.5, 0.6) is 11.5 Å². The highest BCUT2D eigenvalue weighted by atomic mass is 16.5. The molecule has 2 aromatic rings. The number of hydrogen-bond donors (Lipinski definition) is 0. The van der Waals surface area contributed by atoms with Gasteiger partial charge >= 0.3 is 0 Å². The topological polar surface area (TPSA) is 18.5 Å². The lowest BCUT2D eigenvalue weighted by Gasteiger charge is -2.23. The van der Waals surface area contributed by atoms with E-state index < -0.39 is 0 Å². The maximum atomic E-state index is 5.77. The van der Waals surface area contributed by atoms with E-state index in [1.54, 1.807) is 7.11 Å². The van der Waals surface area contributed by atoms with Crippen molar-refractivity contribution < 1.29 is 9.47 Å². The molecule has 112 valence electrons. The summed E-state index contributed by atoms with van der Waals surface area (Å²) in [5.74, 6) is 1.85. The Hall–Kier alpha value is -1.96. The second kappa shape index (κ2) is 6.21. The monoisotopic (exact) mass is 284 g/mol. The van der Waals surface area contributed by atoms with Crippen molar-refractivity contribution in [3.8, 4) is 22.6 Å². The highest BCUT2D eigenvalue weighted by Crippen LogP contribution is 2.35. The summed E-state index contributed by atoms with van der Waals surface area (Å²) < 4.78 is 11.0. The Labute approximate surface area is 127 Å². The zero-order valence-electron chi connectivity index (χ0n) is 13.6. The van der Waals surface area contributed by atoms with Crippen molar-refractivity contribution in [2.75, 3.05) is 13.7 Å². The van der Waals surface area contributed by atoms with E-state index >= 15 is 0 Å². The molecule has 0 radical (unpaired) electrons. The average molecular weight is 284 g/mol. The maximum Gasteiger partial charge on any atom is 0.123 e. The molecule has 0 aromatic heterocycles. The molecular formula is C19H24O2. The summed E-state index contributed by atoms with van der Waals surface area (Å²) in [5.41, 5.74) is 3.67. The van der Waals surface area contributed by atoms with Crippen LogP contribution in [0.2, 0.25) is 0 Å². The molecule has 0 spiro atoms. The minimum Gasteiger partial charge on any atom is -0.497 e. The average Bonchev–Trinajstić information content (AvgIpc) is 2.47. The van der Waals surface area contributed by atoms with Gasteiger partial charge < -0.3 is 9.47 Å². The lowest BCUT2D eigenvalue weighted by molar-refractivity contribution is 0.330. The van der Waals surface area contributed by atoms with Gasteiger partial charge in [-0.1, -0.05) is 39.0 Å². The first kappa shape index (κ1) is 15.4. The summed E-state index contributed by atoms with van der Waals surface area (Å²) in [6, 6.07) is 14.6. The van der Waals surface area contributed by atoms with Crippen LogP contribution in [-0.2, 0) is 5.41 Å². The van der Waals surface area contributed by atoms with Gasteiger partial charge in [0, 0.05) is 5.56 Å². The van der Waals surface area contributed by atoms with E-state index in [-0.39, 0.29) is 5.41 Å². The van der Waals surface area contributed by atoms with Crippen LogP contribution in [0, 0.1) is 0 Å². The van der Waals surface area contributed by atoms with Crippen LogP contribution in [0.4, 0.5) is 0 Å². The molecule has 0 atom stereocenters. The highest BCUT2D eigenvalue weighted by molar-refractivity contribution is 5.67. The molecule has 21 heavy (non-hydrogen) atoms. The maximum absolute atomic E-state index is 5.77. The van der Waals surface area contributed by atoms with Gasteiger partial charge in [0.05, 0.1) is 13.7 Å². The fraction of sp³-hybridized carbons (Fsp3) is 0.368. The first-order valence-electron chi connectivity index (χ1n) is 7.37. The number of rotatable bonds is 4. The van der Waals surface area contributed by atoms with Gasteiger partial charge in [0.25, 0.3) is 0 Å². The minimum absolute atomic E-state index is 0.0486. The molecule has 0 bridgehead atoms. The van der Waals surface area contributed by atoms with Crippen LogP contribution in [0.25, 0.3) is 11.1 Å². The zero-order chi connectivity index (χ0) is 15.5. The Bertz CT molecular complexity index is 592. The third-order valence-electron chi connectivity index (χ3n) is 3.51. The van der Waals surface area contributed by atoms with Crippen molar-refractivity contribution in [2.45, 2.75) is 33.1 Å². The SMILES string of the molecule is CCOc1ccc(-c2ccc(OC)cc2)cc1C(C)(C)C. The molecular weight excluding hydrogens is 260 g/mol. The largest absolute Gasteiger partial charge is 0.497 e. The molecule has 2 rings (SSSR count). The Balaban J connectivity index is 2.45. The normalized spacial score (nSPS) is 11.3. The first-order valence-corrected chi connectivity index (χ1v) is 7.37. The molecule has 0 saturated heterocycles. The third kappa shape index (κ3) is 3.57. The van der Waals surface area contributed by atoms with Gasteiger partial charge in [0.15, 0.2) is 0 Å². The van der Waals surface area contributed by atoms with Gasteiger partial charge in [0.1, 0.15) is 11.5 Å². The van der Waals surface area contributed by atoms with E-state index in [9.17, 15) is 0 Å². The van der Waals surface area contributed by atoms with Crippen molar-refractivity contribution >= 4 is 0 Å². The predicted octanol–water partition coefficient (Wildman–Crippen LogP) is 5.06. The van der Waals surface area contributed by atoms with E-state index in [1.807, 2.05) is 19.1 Å². The quantitative estimate of drug-likeness (QED) is 0.781. The van der Waals surface area contributed by atoms with Crippen LogP contribution in [-0.4, -0.2) is 13.7 Å². The first-order chi connectivity index (χ1) is 9.95. The van der Waals surface area contributed by atoms with Gasteiger partial charge in [-0.2, -0.15) is 0 Å². The van der Waals surface area contributed by atoms with Crippen molar-refractivity contribution in [3.63, 3.8) is 0 Å². The molecule has 0 N–H and O–H groups in total. The molecule has 0 fully saturated rings. The standard InChI is InChI=1S/C19H24O2/c1-6-21-18-12-9-15(13-17(18)19(2,3)4)14-7-10-16(20-5)11-8-14/h7-13H,6H2,1-5H3. The molecule has 0 aliphatic rings. The minimum atomic E-state index is 0.0486. The van der Waals surface area contributed by atoms with Crippen LogP contribution in [0.3, 0.4) is 0 Å². The number of methoxy groups -OCH3 is 1. The van der Waals surface area contributed by atoms with Crippen LogP contribution >= 0.6 is 0 Å². The summed E-state index contributed by atoms with van der Waals surface area (Å²) in [6.07, 6.45) is 0. The van der Waals surface area contributed by atoms with Crippen molar-refractivity contribution in [1.29, 1.82) is 0 Å². The molecule has 2 nitrogen and oxygen atoms in total. The summed E-state index contributed by atoms with van der Waals surface area (Å²) in [5, 5.41) is 0. The van der Waals surface area contributed by atoms with Crippen molar-refractivity contribution in [2.24, 2.45) is 0 Å². The molecule has 0 amide bonds. The van der Waals surface area contributed by atoms with E-state index in [1.165, 1.54) is 16.7 Å². The summed E-state index contributed by atoms with van der Waals surface area (Å²) in [4.78, 5) is 0. The van der Waals surface area contributed by atoms with Crippen LogP contribution in [0.15, 0.2) is 42.5 Å². The van der Waals surface area contributed by atoms with Crippen molar-refractivity contribution in [1.82, 2.24) is 0 Å². The Kier molecular flexibility index (Phi) is 4.56. The Morgan fingerprint density at radius 2 is 1.52 bits per heavy atom. The number of ether oxygens (including phenoxy) is 2. The molecule has 2 heteroatoms. The molecule has 0 unspecified atom stereocenters. The molecule has 0 aliphatic carbocycles. The summed E-state index contributed by atoms with van der Waals surface area (Å²) in [7, 11) is 1.68. The Morgan fingerprint density at radius 1 is 0.905 bits per heavy atom. The predicted molar refractivity (Wildman–Crippen MR) is 88.3 cm³/mol. The molecule has 2 aromatic carbocycles. The fourth-order valence-electron chi connectivity index (χ4n) is 2.36. The number of hydrogen-bond acceptors (Lipinski definition) is 2. The van der Waals surface area contributed by atoms with E-state index in [0.717, 1.165) is 11.5 Å². The van der Waals surface area contributed by atoms with E-state index in [4.69, 9.17) is 9.47 Å². The third-order valence-corrected chi connectivity index (χ3v) is 3.51. The van der Waals surface area contributed by atoms with Gasteiger partial charge in [0.2, 0.25) is 0 Å². The van der Waals surface area contributed by atoms with Gasteiger partial charge in [-0.25, -0.2) is 0 Å². The molecule has 0 aliphatic heterocycles. The van der Waals surface area contributed by atoms with Crippen LogP contribution < -0.4 is 9.47 Å². The van der Waals surface area contributed by atoms with Gasteiger partial charge in [-0.15, -0.1) is 0 Å². The van der Waals surface area contributed by atoms with Crippen LogP contribution in [0.1, 0.15) is 33.3 Å². The highest BCUT2D eigenvalue weighted by Gasteiger charge is 2.19. The molecule has 0 heterocycles. The van der Waals surface area contributed by atoms with E-state index in [2.05, 4.69) is 51.1 Å². The number of benzene rings is 2. The van der Waals surface area contributed by atoms with E-state index in [0.29, 0.717) is 6.61 Å². The fourth-order valence-corrected chi connectivity index (χ4v) is 2.36. The second-order valence-corrected chi connectivity index (χ2v) is 6.12. The lowest BCUT2D eigenvalue weighted by Crippen LogP contribution is -2.13. The zero-order valence-corrected chi connectivity index (χ0v) is 13.6. The van der Waals surface area contributed by atoms with Gasteiger partial charge in [-0.05, 0) is 47.7 Å². The Morgan fingerprint density at radius 3 is 2.05 bits per heavy atom. The summed E-state index contributed by atoms with van der Waals surface area (Å²) in [6.45, 7) is 9.34. The second-order valence-electron chi connectivity index (χ2n) is 6.12. The van der Waals surface area contributed by atoms with Crippen molar-refractivity contribution in [3.05, 3.63) is 48.0 Å². The van der Waals surface area contributed by atoms with Gasteiger partial charge in [-0.3, -0.25) is 0 Å². The molecule has 0 saturated carbocycles.